The van der Waals surface area contributed by atoms with Crippen LogP contribution in [-0.4, -0.2) is 32.2 Å². The maximum Gasteiger partial charge on any atom is 0.164 e. The van der Waals surface area contributed by atoms with E-state index in [0.29, 0.717) is 23.7 Å². The molecule has 7 heteroatoms. The van der Waals surface area contributed by atoms with Crippen molar-refractivity contribution >= 4 is 5.65 Å². The molecule has 0 radical (unpaired) electrons. The molecule has 0 saturated carbocycles. The number of fused-ring (bicyclic) bond motifs is 1. The number of nitrogens with two attached hydrogens (primary N) is 1. The summed E-state index contributed by atoms with van der Waals surface area (Å²) in [4.78, 5) is 8.96. The fraction of sp³-hybridized carbons (Fsp3) is 0.368. The molecule has 3 rings (SSSR count). The number of nitriles is 1. The van der Waals surface area contributed by atoms with E-state index in [1.54, 1.807) is 16.9 Å². The summed E-state index contributed by atoms with van der Waals surface area (Å²) in [5.74, 6) is 1.15. The molecule has 0 fully saturated rings. The van der Waals surface area contributed by atoms with E-state index < -0.39 is 0 Å². The summed E-state index contributed by atoms with van der Waals surface area (Å²) in [5.41, 5.74) is 9.34. The van der Waals surface area contributed by atoms with Gasteiger partial charge in [-0.05, 0) is 38.3 Å². The van der Waals surface area contributed by atoms with Crippen molar-refractivity contribution in [2.75, 3.05) is 6.61 Å². The Morgan fingerprint density at radius 2 is 2.12 bits per heavy atom. The van der Waals surface area contributed by atoms with E-state index in [-0.39, 0.29) is 6.04 Å². The molecule has 0 aliphatic heterocycles. The first kappa shape index (κ1) is 17.8. The highest BCUT2D eigenvalue weighted by molar-refractivity contribution is 5.74. The maximum absolute atomic E-state index is 8.96. The SMILES string of the molecule is Cc1nc(-c2cnn3cc(C#N)cnc23)ccc1OCC(C)CC(C)N. The third kappa shape index (κ3) is 3.81. The van der Waals surface area contributed by atoms with Gasteiger partial charge in [-0.3, -0.25) is 0 Å². The van der Waals surface area contributed by atoms with Crippen LogP contribution < -0.4 is 10.5 Å². The van der Waals surface area contributed by atoms with E-state index in [1.165, 1.54) is 6.20 Å². The van der Waals surface area contributed by atoms with Crippen LogP contribution in [0.4, 0.5) is 0 Å². The fourth-order valence-corrected chi connectivity index (χ4v) is 2.90. The lowest BCUT2D eigenvalue weighted by Crippen LogP contribution is -2.21. The van der Waals surface area contributed by atoms with Crippen molar-refractivity contribution in [3.05, 3.63) is 42.0 Å². The second-order valence-corrected chi connectivity index (χ2v) is 6.69. The number of pyridine rings is 1. The van der Waals surface area contributed by atoms with Crippen molar-refractivity contribution in [2.24, 2.45) is 11.7 Å². The molecule has 0 aliphatic carbocycles. The predicted octanol–water partition coefficient (Wildman–Crippen LogP) is 2.72. The Hall–Kier alpha value is -2.98. The summed E-state index contributed by atoms with van der Waals surface area (Å²) in [6.45, 7) is 6.66. The molecule has 2 N–H and O–H groups in total. The van der Waals surface area contributed by atoms with E-state index in [4.69, 9.17) is 15.7 Å². The predicted molar refractivity (Wildman–Crippen MR) is 98.6 cm³/mol. The molecule has 3 aromatic heterocycles. The highest BCUT2D eigenvalue weighted by Crippen LogP contribution is 2.26. The Morgan fingerprint density at radius 1 is 1.31 bits per heavy atom. The number of aryl methyl sites for hydroxylation is 1. The molecule has 2 unspecified atom stereocenters. The van der Waals surface area contributed by atoms with Crippen LogP contribution in [0, 0.1) is 24.2 Å². The Morgan fingerprint density at radius 3 is 2.81 bits per heavy atom. The number of ether oxygens (including phenoxy) is 1. The van der Waals surface area contributed by atoms with Crippen molar-refractivity contribution < 1.29 is 4.74 Å². The van der Waals surface area contributed by atoms with E-state index in [1.807, 2.05) is 26.0 Å². The molecule has 7 nitrogen and oxygen atoms in total. The lowest BCUT2D eigenvalue weighted by Gasteiger charge is -2.16. The van der Waals surface area contributed by atoms with E-state index >= 15 is 0 Å². The highest BCUT2D eigenvalue weighted by atomic mass is 16.5. The zero-order chi connectivity index (χ0) is 18.7. The smallest absolute Gasteiger partial charge is 0.164 e. The average molecular weight is 350 g/mol. The minimum absolute atomic E-state index is 0.167. The van der Waals surface area contributed by atoms with Gasteiger partial charge < -0.3 is 10.5 Å². The van der Waals surface area contributed by atoms with Crippen molar-refractivity contribution in [3.63, 3.8) is 0 Å². The first-order chi connectivity index (χ1) is 12.5. The molecule has 26 heavy (non-hydrogen) atoms. The van der Waals surface area contributed by atoms with Crippen molar-refractivity contribution in [3.8, 4) is 23.1 Å². The largest absolute Gasteiger partial charge is 0.491 e. The molecule has 3 heterocycles. The Labute approximate surface area is 152 Å². The summed E-state index contributed by atoms with van der Waals surface area (Å²) >= 11 is 0. The molecule has 0 amide bonds. The standard InChI is InChI=1S/C19H22N6O/c1-12(6-13(2)21)11-26-18-5-4-17(24-14(18)3)16-9-23-25-10-15(7-20)8-22-19(16)25/h4-5,8-10,12-13H,6,11,21H2,1-3H3. The van der Waals surface area contributed by atoms with Crippen LogP contribution in [0.5, 0.6) is 5.75 Å². The summed E-state index contributed by atoms with van der Waals surface area (Å²) < 4.78 is 7.49. The van der Waals surface area contributed by atoms with Crippen LogP contribution >= 0.6 is 0 Å². The van der Waals surface area contributed by atoms with E-state index in [0.717, 1.165) is 29.1 Å². The molecule has 3 aromatic rings. The number of hydrogen-bond donors (Lipinski definition) is 1. The number of nitrogens with zero attached hydrogens (tertiary/aromatic N) is 5. The molecule has 2 atom stereocenters. The number of aromatic nitrogens is 4. The minimum atomic E-state index is 0.167. The number of rotatable bonds is 6. The van der Waals surface area contributed by atoms with E-state index in [9.17, 15) is 0 Å². The Balaban J connectivity index is 1.81. The van der Waals surface area contributed by atoms with Gasteiger partial charge in [-0.25, -0.2) is 14.5 Å². The molecule has 0 aliphatic rings. The quantitative estimate of drug-likeness (QED) is 0.733. The third-order valence-electron chi connectivity index (χ3n) is 4.10. The zero-order valence-electron chi connectivity index (χ0n) is 15.2. The molecular formula is C19H22N6O. The highest BCUT2D eigenvalue weighted by Gasteiger charge is 2.13. The van der Waals surface area contributed by atoms with Gasteiger partial charge in [-0.15, -0.1) is 0 Å². The second kappa shape index (κ2) is 7.50. The topological polar surface area (TPSA) is 102 Å². The summed E-state index contributed by atoms with van der Waals surface area (Å²) in [6, 6.07) is 6.04. The van der Waals surface area contributed by atoms with Crippen LogP contribution in [0.2, 0.25) is 0 Å². The van der Waals surface area contributed by atoms with Crippen molar-refractivity contribution in [2.45, 2.75) is 33.2 Å². The monoisotopic (exact) mass is 350 g/mol. The molecule has 134 valence electrons. The molecule has 0 bridgehead atoms. The molecular weight excluding hydrogens is 328 g/mol. The van der Waals surface area contributed by atoms with Gasteiger partial charge in [0.25, 0.3) is 0 Å². The average Bonchev–Trinajstić information content (AvgIpc) is 3.03. The van der Waals surface area contributed by atoms with Crippen LogP contribution in [-0.2, 0) is 0 Å². The van der Waals surface area contributed by atoms with Gasteiger partial charge in [0, 0.05) is 12.2 Å². The lowest BCUT2D eigenvalue weighted by molar-refractivity contribution is 0.244. The van der Waals surface area contributed by atoms with Crippen LogP contribution in [0.3, 0.4) is 0 Å². The first-order valence-corrected chi connectivity index (χ1v) is 8.57. The van der Waals surface area contributed by atoms with Crippen molar-refractivity contribution in [1.29, 1.82) is 5.26 Å². The second-order valence-electron chi connectivity index (χ2n) is 6.69. The molecule has 0 saturated heterocycles. The van der Waals surface area contributed by atoms with Gasteiger partial charge in [0.05, 0.1) is 41.5 Å². The van der Waals surface area contributed by atoms with Gasteiger partial charge in [0.1, 0.15) is 11.8 Å². The maximum atomic E-state index is 8.96. The molecule has 0 spiro atoms. The van der Waals surface area contributed by atoms with Gasteiger partial charge in [0.2, 0.25) is 0 Å². The van der Waals surface area contributed by atoms with Gasteiger partial charge >= 0.3 is 0 Å². The Kier molecular flexibility index (Phi) is 5.14. The van der Waals surface area contributed by atoms with Crippen LogP contribution in [0.15, 0.2) is 30.7 Å². The lowest BCUT2D eigenvalue weighted by atomic mass is 10.0. The fourth-order valence-electron chi connectivity index (χ4n) is 2.90. The third-order valence-corrected chi connectivity index (χ3v) is 4.10. The van der Waals surface area contributed by atoms with Crippen LogP contribution in [0.1, 0.15) is 31.5 Å². The number of hydrogen-bond acceptors (Lipinski definition) is 6. The van der Waals surface area contributed by atoms with Gasteiger partial charge in [-0.2, -0.15) is 10.4 Å². The normalized spacial score (nSPS) is 13.3. The van der Waals surface area contributed by atoms with Gasteiger partial charge in [-0.1, -0.05) is 6.92 Å². The summed E-state index contributed by atoms with van der Waals surface area (Å²) in [5, 5.41) is 13.2. The Bertz CT molecular complexity index is 956. The van der Waals surface area contributed by atoms with Crippen molar-refractivity contribution in [1.82, 2.24) is 19.6 Å². The summed E-state index contributed by atoms with van der Waals surface area (Å²) in [7, 11) is 0. The zero-order valence-corrected chi connectivity index (χ0v) is 15.2. The summed E-state index contributed by atoms with van der Waals surface area (Å²) in [6.07, 6.45) is 5.81. The molecule has 0 aromatic carbocycles. The minimum Gasteiger partial charge on any atom is -0.491 e. The van der Waals surface area contributed by atoms with E-state index in [2.05, 4.69) is 28.1 Å². The first-order valence-electron chi connectivity index (χ1n) is 8.57. The van der Waals surface area contributed by atoms with Crippen LogP contribution in [0.25, 0.3) is 16.9 Å². The van der Waals surface area contributed by atoms with Gasteiger partial charge in [0.15, 0.2) is 5.65 Å².